The number of aliphatic hydroxyl groups excluding tert-OH is 1. The van der Waals surface area contributed by atoms with Gasteiger partial charge in [0, 0.05) is 24.4 Å². The first-order chi connectivity index (χ1) is 14.6. The smallest absolute Gasteiger partial charge is 0.161 e. The molecule has 0 aromatic heterocycles. The Morgan fingerprint density at radius 2 is 1.33 bits per heavy atom. The van der Waals surface area contributed by atoms with Crippen LogP contribution < -0.4 is 18.9 Å². The summed E-state index contributed by atoms with van der Waals surface area (Å²) in [4.78, 5) is 2.46. The summed E-state index contributed by atoms with van der Waals surface area (Å²) in [5, 5.41) is 11.5. The monoisotopic (exact) mass is 411 g/mol. The number of methoxy groups -OCH3 is 4. The highest BCUT2D eigenvalue weighted by atomic mass is 16.5. The van der Waals surface area contributed by atoms with Gasteiger partial charge >= 0.3 is 0 Å². The van der Waals surface area contributed by atoms with Gasteiger partial charge in [0.25, 0.3) is 0 Å². The van der Waals surface area contributed by atoms with Crippen LogP contribution in [0.15, 0.2) is 24.3 Å². The average Bonchev–Trinajstić information content (AvgIpc) is 3.26. The van der Waals surface area contributed by atoms with E-state index in [0.29, 0.717) is 17.2 Å². The van der Waals surface area contributed by atoms with Gasteiger partial charge in [0.05, 0.1) is 34.5 Å². The lowest BCUT2D eigenvalue weighted by Gasteiger charge is -2.48. The van der Waals surface area contributed by atoms with Crippen molar-refractivity contribution in [3.05, 3.63) is 35.4 Å². The van der Waals surface area contributed by atoms with E-state index in [9.17, 15) is 5.11 Å². The number of ether oxygens (including phenoxy) is 4. The first-order valence-electron chi connectivity index (χ1n) is 10.6. The molecule has 5 rings (SSSR count). The van der Waals surface area contributed by atoms with Gasteiger partial charge in [-0.25, -0.2) is 0 Å². The minimum Gasteiger partial charge on any atom is -0.493 e. The average molecular weight is 411 g/mol. The molecule has 0 bridgehead atoms. The number of hydrogen-bond acceptors (Lipinski definition) is 6. The summed E-state index contributed by atoms with van der Waals surface area (Å²) in [7, 11) is 6.63. The van der Waals surface area contributed by atoms with Crippen molar-refractivity contribution in [3.63, 3.8) is 0 Å². The second-order valence-electron chi connectivity index (χ2n) is 8.42. The Balaban J connectivity index is 1.77. The van der Waals surface area contributed by atoms with E-state index in [2.05, 4.69) is 23.1 Å². The molecule has 2 saturated heterocycles. The van der Waals surface area contributed by atoms with Gasteiger partial charge in [-0.2, -0.15) is 0 Å². The number of nitrogens with zero attached hydrogens (tertiary/aromatic N) is 1. The lowest BCUT2D eigenvalue weighted by molar-refractivity contribution is 0.00400. The third-order valence-corrected chi connectivity index (χ3v) is 7.20. The second kappa shape index (κ2) is 7.36. The summed E-state index contributed by atoms with van der Waals surface area (Å²) >= 11 is 0. The topological polar surface area (TPSA) is 60.4 Å². The molecule has 6 heteroatoms. The van der Waals surface area contributed by atoms with Crippen molar-refractivity contribution in [1.82, 2.24) is 4.90 Å². The van der Waals surface area contributed by atoms with Crippen molar-refractivity contribution in [2.45, 2.75) is 36.8 Å². The molecule has 1 N–H and O–H groups in total. The molecular weight excluding hydrogens is 382 g/mol. The molecule has 0 spiro atoms. The molecule has 0 radical (unpaired) electrons. The number of rotatable bonds is 4. The molecule has 6 nitrogen and oxygen atoms in total. The van der Waals surface area contributed by atoms with Crippen LogP contribution in [-0.2, 0) is 0 Å². The number of piperidine rings is 1. The molecule has 2 aromatic carbocycles. The molecule has 2 aliphatic heterocycles. The summed E-state index contributed by atoms with van der Waals surface area (Å²) < 4.78 is 22.4. The van der Waals surface area contributed by atoms with Crippen molar-refractivity contribution in [3.8, 4) is 34.1 Å². The molecule has 1 aliphatic carbocycles. The van der Waals surface area contributed by atoms with Gasteiger partial charge in [-0.3, -0.25) is 4.90 Å². The van der Waals surface area contributed by atoms with Gasteiger partial charge in [0.15, 0.2) is 23.0 Å². The zero-order valence-corrected chi connectivity index (χ0v) is 18.0. The minimum atomic E-state index is -0.427. The predicted molar refractivity (Wildman–Crippen MR) is 114 cm³/mol. The minimum absolute atomic E-state index is 0.00440. The van der Waals surface area contributed by atoms with E-state index in [4.69, 9.17) is 18.9 Å². The Kier molecular flexibility index (Phi) is 4.79. The highest BCUT2D eigenvalue weighted by Gasteiger charge is 2.49. The molecule has 160 valence electrons. The van der Waals surface area contributed by atoms with E-state index in [1.165, 1.54) is 5.56 Å². The normalized spacial score (nSPS) is 26.8. The molecular formula is C24H29NO5. The molecule has 3 aliphatic rings. The maximum Gasteiger partial charge on any atom is 0.161 e. The summed E-state index contributed by atoms with van der Waals surface area (Å²) in [5.74, 6) is 2.98. The zero-order chi connectivity index (χ0) is 21.0. The van der Waals surface area contributed by atoms with Crippen molar-refractivity contribution in [1.29, 1.82) is 0 Å². The Morgan fingerprint density at radius 1 is 0.800 bits per heavy atom. The van der Waals surface area contributed by atoms with Crippen LogP contribution in [0, 0.1) is 0 Å². The van der Waals surface area contributed by atoms with Gasteiger partial charge in [-0.1, -0.05) is 0 Å². The fraction of sp³-hybridized carbons (Fsp3) is 0.500. The van der Waals surface area contributed by atoms with Gasteiger partial charge in [-0.05, 0) is 65.9 Å². The highest BCUT2D eigenvalue weighted by molar-refractivity contribution is 5.80. The number of fused-ring (bicyclic) bond motifs is 7. The fourth-order valence-electron chi connectivity index (χ4n) is 5.84. The standard InChI is InChI=1S/C24H29NO5/c1-27-19-8-13-14-9-20(28-2)22(30-4)11-16(14)23-17(15(13)10-21(19)29-3)12-25-7-5-6-18(25)24(23)26/h8-11,17-18,23-24,26H,5-7,12H2,1-4H3/t17?,18?,23?,24-/m1/s1. The molecule has 30 heavy (non-hydrogen) atoms. The molecule has 3 unspecified atom stereocenters. The Bertz CT molecular complexity index is 975. The Morgan fingerprint density at radius 3 is 1.93 bits per heavy atom. The van der Waals surface area contributed by atoms with Gasteiger partial charge in [0.1, 0.15) is 0 Å². The second-order valence-corrected chi connectivity index (χ2v) is 8.42. The van der Waals surface area contributed by atoms with Crippen LogP contribution in [0.3, 0.4) is 0 Å². The van der Waals surface area contributed by atoms with Gasteiger partial charge in [-0.15, -0.1) is 0 Å². The first kappa shape index (κ1) is 19.5. The van der Waals surface area contributed by atoms with E-state index in [-0.39, 0.29) is 17.9 Å². The molecule has 0 saturated carbocycles. The van der Waals surface area contributed by atoms with Crippen LogP contribution in [-0.4, -0.2) is 63.7 Å². The van der Waals surface area contributed by atoms with Gasteiger partial charge in [0.2, 0.25) is 0 Å². The SMILES string of the molecule is COc1cc2c(cc1OC)C1CN3CCCC3[C@@H](O)C1c1cc(OC)c(OC)cc1-2. The maximum atomic E-state index is 11.5. The van der Waals surface area contributed by atoms with E-state index in [1.54, 1.807) is 28.4 Å². The van der Waals surface area contributed by atoms with E-state index in [0.717, 1.165) is 48.4 Å². The quantitative estimate of drug-likeness (QED) is 0.832. The summed E-state index contributed by atoms with van der Waals surface area (Å²) in [6, 6.07) is 8.45. The van der Waals surface area contributed by atoms with Crippen LogP contribution in [0.1, 0.15) is 35.8 Å². The molecule has 2 aromatic rings. The molecule has 2 fully saturated rings. The Hall–Kier alpha value is -2.44. The first-order valence-corrected chi connectivity index (χ1v) is 10.6. The van der Waals surface area contributed by atoms with Crippen LogP contribution >= 0.6 is 0 Å². The van der Waals surface area contributed by atoms with Crippen LogP contribution in [0.25, 0.3) is 11.1 Å². The van der Waals surface area contributed by atoms with Crippen molar-refractivity contribution in [2.24, 2.45) is 0 Å². The van der Waals surface area contributed by atoms with Gasteiger partial charge < -0.3 is 24.1 Å². The largest absolute Gasteiger partial charge is 0.493 e. The zero-order valence-electron chi connectivity index (χ0n) is 18.0. The number of benzene rings is 2. The Labute approximate surface area is 177 Å². The lowest BCUT2D eigenvalue weighted by atomic mass is 9.65. The summed E-state index contributed by atoms with van der Waals surface area (Å²) in [6.45, 7) is 1.98. The third-order valence-electron chi connectivity index (χ3n) is 7.20. The number of hydrogen-bond donors (Lipinski definition) is 1. The van der Waals surface area contributed by atoms with E-state index in [1.807, 2.05) is 6.07 Å². The number of aliphatic hydroxyl groups is 1. The lowest BCUT2D eigenvalue weighted by Crippen LogP contribution is -2.52. The third kappa shape index (κ3) is 2.70. The summed E-state index contributed by atoms with van der Waals surface area (Å²) in [5.41, 5.74) is 4.49. The maximum absolute atomic E-state index is 11.5. The van der Waals surface area contributed by atoms with Crippen LogP contribution in [0.5, 0.6) is 23.0 Å². The van der Waals surface area contributed by atoms with Crippen molar-refractivity contribution in [2.75, 3.05) is 41.5 Å². The molecule has 0 amide bonds. The van der Waals surface area contributed by atoms with Crippen LogP contribution in [0.2, 0.25) is 0 Å². The van der Waals surface area contributed by atoms with E-state index < -0.39 is 6.10 Å². The highest BCUT2D eigenvalue weighted by Crippen LogP contribution is 2.56. The molecule has 2 heterocycles. The summed E-state index contributed by atoms with van der Waals surface area (Å²) in [6.07, 6.45) is 1.76. The fourth-order valence-corrected chi connectivity index (χ4v) is 5.84. The molecule has 4 atom stereocenters. The van der Waals surface area contributed by atoms with Crippen molar-refractivity contribution >= 4 is 0 Å². The van der Waals surface area contributed by atoms with Crippen molar-refractivity contribution < 1.29 is 24.1 Å². The predicted octanol–water partition coefficient (Wildman–Crippen LogP) is 3.41. The van der Waals surface area contributed by atoms with E-state index >= 15 is 0 Å². The van der Waals surface area contributed by atoms with Crippen LogP contribution in [0.4, 0.5) is 0 Å².